The lowest BCUT2D eigenvalue weighted by Crippen LogP contribution is -2.37. The van der Waals surface area contributed by atoms with Gasteiger partial charge >= 0.3 is 12.1 Å². The third kappa shape index (κ3) is 3.70. The largest absolute Gasteiger partial charge is 0.471 e. The van der Waals surface area contributed by atoms with Gasteiger partial charge in [0.25, 0.3) is 11.8 Å². The molecule has 0 bridgehead atoms. The van der Waals surface area contributed by atoms with Crippen LogP contribution in [0, 0.1) is 0 Å². The molecule has 0 atom stereocenters. The van der Waals surface area contributed by atoms with Gasteiger partial charge in [0.15, 0.2) is 0 Å². The number of nitrogens with zero attached hydrogens (tertiary/aromatic N) is 1. The van der Waals surface area contributed by atoms with Gasteiger partial charge in [0.05, 0.1) is 22.5 Å². The van der Waals surface area contributed by atoms with E-state index in [1.807, 2.05) is 0 Å². The Morgan fingerprint density at radius 2 is 1.29 bits per heavy atom. The maximum atomic E-state index is 12.4. The first kappa shape index (κ1) is 19.1. The molecule has 7 nitrogen and oxygen atoms in total. The number of para-hydroxylation sites is 2. The van der Waals surface area contributed by atoms with Crippen molar-refractivity contribution in [3.8, 4) is 0 Å². The summed E-state index contributed by atoms with van der Waals surface area (Å²) in [4.78, 5) is 48.6. The van der Waals surface area contributed by atoms with Crippen molar-refractivity contribution in [1.82, 2.24) is 4.90 Å². The smallest absolute Gasteiger partial charge is 0.323 e. The molecule has 1 heterocycles. The molecule has 1 aliphatic heterocycles. The first-order valence-electron chi connectivity index (χ1n) is 7.91. The molecule has 3 rings (SSSR count). The molecule has 0 saturated heterocycles. The van der Waals surface area contributed by atoms with Crippen LogP contribution in [-0.2, 0) is 9.59 Å². The van der Waals surface area contributed by atoms with E-state index < -0.39 is 36.3 Å². The molecule has 28 heavy (non-hydrogen) atoms. The first-order valence-corrected chi connectivity index (χ1v) is 7.91. The van der Waals surface area contributed by atoms with E-state index in [4.69, 9.17) is 0 Å². The Morgan fingerprint density at radius 1 is 0.821 bits per heavy atom. The van der Waals surface area contributed by atoms with Gasteiger partial charge in [-0.05, 0) is 24.3 Å². The molecule has 4 amide bonds. The maximum Gasteiger partial charge on any atom is 0.471 e. The van der Waals surface area contributed by atoms with Crippen molar-refractivity contribution in [3.63, 3.8) is 0 Å². The fraction of sp³-hybridized carbons (Fsp3) is 0.111. The first-order chi connectivity index (χ1) is 13.2. The zero-order valence-corrected chi connectivity index (χ0v) is 14.0. The van der Waals surface area contributed by atoms with Crippen molar-refractivity contribution in [2.24, 2.45) is 0 Å². The number of carbonyl (C=O) groups is 4. The predicted octanol–water partition coefficient (Wildman–Crippen LogP) is 2.42. The highest BCUT2D eigenvalue weighted by atomic mass is 19.4. The van der Waals surface area contributed by atoms with E-state index in [9.17, 15) is 32.3 Å². The molecule has 144 valence electrons. The Morgan fingerprint density at radius 3 is 1.79 bits per heavy atom. The summed E-state index contributed by atoms with van der Waals surface area (Å²) in [6.45, 7) is -0.631. The average Bonchev–Trinajstić information content (AvgIpc) is 2.88. The van der Waals surface area contributed by atoms with Gasteiger partial charge in [-0.25, -0.2) is 0 Å². The molecular formula is C18H12F3N3O4. The number of nitrogens with one attached hydrogen (secondary N) is 2. The minimum atomic E-state index is -5.10. The summed E-state index contributed by atoms with van der Waals surface area (Å²) in [5.41, 5.74) is -0.0569. The average molecular weight is 391 g/mol. The number of fused-ring (bicyclic) bond motifs is 1. The number of amides is 4. The van der Waals surface area contributed by atoms with Crippen LogP contribution in [0.15, 0.2) is 48.5 Å². The lowest BCUT2D eigenvalue weighted by molar-refractivity contribution is -0.167. The number of hydrogen-bond acceptors (Lipinski definition) is 4. The van der Waals surface area contributed by atoms with Crippen LogP contribution < -0.4 is 10.6 Å². The molecular weight excluding hydrogens is 379 g/mol. The Hall–Kier alpha value is -3.69. The van der Waals surface area contributed by atoms with Crippen LogP contribution in [0.3, 0.4) is 0 Å². The summed E-state index contributed by atoms with van der Waals surface area (Å²) in [7, 11) is 0. The van der Waals surface area contributed by atoms with Gasteiger partial charge in [0.1, 0.15) is 6.54 Å². The number of carbonyl (C=O) groups excluding carboxylic acids is 4. The number of halogens is 3. The highest BCUT2D eigenvalue weighted by Gasteiger charge is 2.39. The van der Waals surface area contributed by atoms with Crippen LogP contribution >= 0.6 is 0 Å². The monoisotopic (exact) mass is 391 g/mol. The lowest BCUT2D eigenvalue weighted by atomic mass is 10.1. The van der Waals surface area contributed by atoms with Crippen LogP contribution in [0.25, 0.3) is 0 Å². The van der Waals surface area contributed by atoms with Crippen LogP contribution in [0.1, 0.15) is 20.7 Å². The van der Waals surface area contributed by atoms with Gasteiger partial charge in [0, 0.05) is 0 Å². The molecule has 2 aromatic rings. The zero-order valence-electron chi connectivity index (χ0n) is 14.0. The molecule has 1 aliphatic rings. The number of benzene rings is 2. The topological polar surface area (TPSA) is 95.6 Å². The van der Waals surface area contributed by atoms with Gasteiger partial charge < -0.3 is 10.6 Å². The second kappa shape index (κ2) is 7.14. The molecule has 0 saturated carbocycles. The van der Waals surface area contributed by atoms with E-state index in [1.54, 1.807) is 17.4 Å². The number of hydrogen-bond donors (Lipinski definition) is 2. The Balaban J connectivity index is 1.72. The Bertz CT molecular complexity index is 953. The minimum absolute atomic E-state index is 0.110. The van der Waals surface area contributed by atoms with E-state index in [1.165, 1.54) is 36.4 Å². The summed E-state index contributed by atoms with van der Waals surface area (Å²) in [6.07, 6.45) is -5.10. The quantitative estimate of drug-likeness (QED) is 0.783. The Labute approximate surface area is 156 Å². The highest BCUT2D eigenvalue weighted by molar-refractivity contribution is 6.22. The van der Waals surface area contributed by atoms with E-state index in [-0.39, 0.29) is 22.5 Å². The number of anilines is 2. The fourth-order valence-corrected chi connectivity index (χ4v) is 2.61. The van der Waals surface area contributed by atoms with Gasteiger partial charge in [-0.1, -0.05) is 24.3 Å². The van der Waals surface area contributed by atoms with Crippen molar-refractivity contribution in [3.05, 3.63) is 59.7 Å². The third-order valence-corrected chi connectivity index (χ3v) is 3.89. The van der Waals surface area contributed by atoms with Crippen molar-refractivity contribution in [2.45, 2.75) is 6.18 Å². The predicted molar refractivity (Wildman–Crippen MR) is 91.6 cm³/mol. The number of alkyl halides is 3. The maximum absolute atomic E-state index is 12.4. The van der Waals surface area contributed by atoms with Crippen molar-refractivity contribution in [1.29, 1.82) is 0 Å². The summed E-state index contributed by atoms with van der Waals surface area (Å²) in [5, 5.41) is 3.95. The van der Waals surface area contributed by atoms with Crippen molar-refractivity contribution in [2.75, 3.05) is 17.2 Å². The second-order valence-corrected chi connectivity index (χ2v) is 5.79. The van der Waals surface area contributed by atoms with Crippen LogP contribution in [0.5, 0.6) is 0 Å². The van der Waals surface area contributed by atoms with Crippen LogP contribution in [0.4, 0.5) is 24.5 Å². The molecule has 2 N–H and O–H groups in total. The minimum Gasteiger partial charge on any atom is -0.323 e. The van der Waals surface area contributed by atoms with E-state index in [0.29, 0.717) is 0 Å². The van der Waals surface area contributed by atoms with Gasteiger partial charge in [-0.2, -0.15) is 13.2 Å². The normalized spacial score (nSPS) is 13.3. The fourth-order valence-electron chi connectivity index (χ4n) is 2.61. The summed E-state index contributed by atoms with van der Waals surface area (Å²) in [6, 6.07) is 11.3. The molecule has 0 fully saturated rings. The SMILES string of the molecule is O=C(CN1C(=O)c2ccccc2C1=O)Nc1ccccc1NC(=O)C(F)(F)F. The number of imide groups is 1. The van der Waals surface area contributed by atoms with Crippen LogP contribution in [-0.4, -0.2) is 41.2 Å². The second-order valence-electron chi connectivity index (χ2n) is 5.79. The van der Waals surface area contributed by atoms with E-state index >= 15 is 0 Å². The molecule has 0 aromatic heterocycles. The Kier molecular flexibility index (Phi) is 4.87. The van der Waals surface area contributed by atoms with Gasteiger partial charge in [0.2, 0.25) is 5.91 Å². The van der Waals surface area contributed by atoms with E-state index in [2.05, 4.69) is 5.32 Å². The van der Waals surface area contributed by atoms with Crippen molar-refractivity contribution < 1.29 is 32.3 Å². The van der Waals surface area contributed by atoms with Crippen molar-refractivity contribution >= 4 is 35.0 Å². The van der Waals surface area contributed by atoms with Gasteiger partial charge in [-0.3, -0.25) is 24.1 Å². The summed E-state index contributed by atoms with van der Waals surface area (Å²) in [5.74, 6) is -4.30. The molecule has 0 aliphatic carbocycles. The van der Waals surface area contributed by atoms with Gasteiger partial charge in [-0.15, -0.1) is 0 Å². The summed E-state index contributed by atoms with van der Waals surface area (Å²) >= 11 is 0. The highest BCUT2D eigenvalue weighted by Crippen LogP contribution is 2.25. The number of rotatable bonds is 4. The molecule has 0 radical (unpaired) electrons. The third-order valence-electron chi connectivity index (χ3n) is 3.89. The summed E-state index contributed by atoms with van der Waals surface area (Å²) < 4.78 is 37.3. The standard InChI is InChI=1S/C18H12F3N3O4/c19-18(20,21)17(28)23-13-8-4-3-7-12(13)22-14(25)9-24-15(26)10-5-1-2-6-11(10)16(24)27/h1-8H,9H2,(H,22,25)(H,23,28). The molecule has 0 unspecified atom stereocenters. The zero-order chi connectivity index (χ0) is 20.5. The lowest BCUT2D eigenvalue weighted by Gasteiger charge is -2.16. The van der Waals surface area contributed by atoms with Crippen LogP contribution in [0.2, 0.25) is 0 Å². The molecule has 2 aromatic carbocycles. The molecule has 10 heteroatoms. The van der Waals surface area contributed by atoms with E-state index in [0.717, 1.165) is 4.90 Å². The molecule has 0 spiro atoms.